The molecular weight excluding hydrogens is 293 g/mol. The van der Waals surface area contributed by atoms with Crippen molar-refractivity contribution >= 4 is 40.8 Å². The number of nitrogens with zero attached hydrogens (tertiary/aromatic N) is 3. The Morgan fingerprint density at radius 3 is 2.89 bits per heavy atom. The zero-order valence-corrected chi connectivity index (χ0v) is 11.9. The van der Waals surface area contributed by atoms with E-state index < -0.39 is 0 Å². The summed E-state index contributed by atoms with van der Waals surface area (Å²) >= 11 is 13.5. The van der Waals surface area contributed by atoms with Gasteiger partial charge in [0.15, 0.2) is 5.16 Å². The van der Waals surface area contributed by atoms with Crippen molar-refractivity contribution < 1.29 is 0 Å². The van der Waals surface area contributed by atoms with Gasteiger partial charge in [-0.05, 0) is 24.2 Å². The van der Waals surface area contributed by atoms with Gasteiger partial charge in [0.1, 0.15) is 17.2 Å². The molecular formula is C10H11Cl2N5S. The van der Waals surface area contributed by atoms with Crippen molar-refractivity contribution in [3.8, 4) is 0 Å². The van der Waals surface area contributed by atoms with Crippen LogP contribution in [0.1, 0.15) is 13.3 Å². The van der Waals surface area contributed by atoms with Crippen molar-refractivity contribution in [3.05, 3.63) is 22.4 Å². The summed E-state index contributed by atoms with van der Waals surface area (Å²) in [6, 6.07) is 1.67. The van der Waals surface area contributed by atoms with E-state index in [1.807, 2.05) is 0 Å². The van der Waals surface area contributed by atoms with E-state index in [0.717, 1.165) is 13.0 Å². The van der Waals surface area contributed by atoms with E-state index in [1.54, 1.807) is 6.07 Å². The Kier molecular flexibility index (Phi) is 4.68. The highest BCUT2D eigenvalue weighted by molar-refractivity contribution is 7.99. The Hall–Kier alpha value is -0.980. The molecule has 0 atom stereocenters. The predicted octanol–water partition coefficient (Wildman–Crippen LogP) is 3.48. The highest BCUT2D eigenvalue weighted by Gasteiger charge is 2.11. The fourth-order valence-electron chi connectivity index (χ4n) is 1.22. The number of aromatic nitrogens is 4. The van der Waals surface area contributed by atoms with Crippen molar-refractivity contribution in [1.82, 2.24) is 20.2 Å². The maximum atomic E-state index is 6.09. The van der Waals surface area contributed by atoms with E-state index in [2.05, 4.69) is 32.4 Å². The molecule has 18 heavy (non-hydrogen) atoms. The summed E-state index contributed by atoms with van der Waals surface area (Å²) in [5, 5.41) is 11.9. The summed E-state index contributed by atoms with van der Waals surface area (Å²) in [6.45, 7) is 2.88. The molecule has 0 saturated heterocycles. The van der Waals surface area contributed by atoms with E-state index >= 15 is 0 Å². The molecule has 0 bridgehead atoms. The number of pyridine rings is 1. The third-order valence-corrected chi connectivity index (χ3v) is 3.61. The molecule has 0 radical (unpaired) electrons. The number of H-pyrrole nitrogens is 1. The van der Waals surface area contributed by atoms with Crippen LogP contribution in [-0.2, 0) is 0 Å². The summed E-state index contributed by atoms with van der Waals surface area (Å²) in [4.78, 5) is 8.40. The Labute approximate surface area is 119 Å². The summed E-state index contributed by atoms with van der Waals surface area (Å²) in [5.74, 6) is 0.630. The van der Waals surface area contributed by atoms with Crippen LogP contribution in [0.5, 0.6) is 0 Å². The molecule has 2 heterocycles. The van der Waals surface area contributed by atoms with Crippen LogP contribution >= 0.6 is 35.0 Å². The first-order valence-electron chi connectivity index (χ1n) is 5.34. The highest BCUT2D eigenvalue weighted by atomic mass is 35.5. The monoisotopic (exact) mass is 303 g/mol. The molecule has 0 amide bonds. The Balaban J connectivity index is 2.23. The van der Waals surface area contributed by atoms with Crippen molar-refractivity contribution in [3.63, 3.8) is 0 Å². The largest absolute Gasteiger partial charge is 0.369 e. The fourth-order valence-corrected chi connectivity index (χ4v) is 2.44. The van der Waals surface area contributed by atoms with Gasteiger partial charge in [-0.1, -0.05) is 30.1 Å². The van der Waals surface area contributed by atoms with Gasteiger partial charge in [0.2, 0.25) is 0 Å². The number of nitrogens with one attached hydrogen (secondary N) is 2. The molecule has 2 N–H and O–H groups in total. The predicted molar refractivity (Wildman–Crippen MR) is 73.5 cm³/mol. The van der Waals surface area contributed by atoms with Crippen molar-refractivity contribution in [1.29, 1.82) is 0 Å². The lowest BCUT2D eigenvalue weighted by Crippen LogP contribution is -2.03. The minimum Gasteiger partial charge on any atom is -0.369 e. The van der Waals surface area contributed by atoms with Crippen molar-refractivity contribution in [2.24, 2.45) is 0 Å². The molecule has 0 fully saturated rings. The van der Waals surface area contributed by atoms with Crippen LogP contribution in [0.2, 0.25) is 10.0 Å². The van der Waals surface area contributed by atoms with Gasteiger partial charge in [0.25, 0.3) is 0 Å². The second-order valence-electron chi connectivity index (χ2n) is 3.43. The molecule has 0 spiro atoms. The first-order chi connectivity index (χ1) is 8.70. The summed E-state index contributed by atoms with van der Waals surface area (Å²) < 4.78 is 0. The van der Waals surface area contributed by atoms with Gasteiger partial charge in [-0.2, -0.15) is 5.10 Å². The van der Waals surface area contributed by atoms with Crippen LogP contribution in [0.25, 0.3) is 0 Å². The van der Waals surface area contributed by atoms with E-state index in [0.29, 0.717) is 26.0 Å². The molecule has 5 nitrogen and oxygen atoms in total. The molecule has 2 rings (SSSR count). The van der Waals surface area contributed by atoms with Gasteiger partial charge >= 0.3 is 0 Å². The number of hydrogen-bond donors (Lipinski definition) is 2. The standard InChI is InChI=1S/C10H11Cl2N5S/c1-2-3-13-8-6(11)4-7(12)9(16-8)18-10-14-5-15-17-10/h4-5H,2-3H2,1H3,(H,13,16)(H,14,15,17). The topological polar surface area (TPSA) is 66.5 Å². The number of anilines is 1. The first kappa shape index (κ1) is 13.5. The maximum Gasteiger partial charge on any atom is 0.189 e. The molecule has 0 aliphatic rings. The number of aromatic amines is 1. The van der Waals surface area contributed by atoms with Gasteiger partial charge in [-0.3, -0.25) is 5.10 Å². The van der Waals surface area contributed by atoms with Gasteiger partial charge in [0, 0.05) is 6.54 Å². The lowest BCUT2D eigenvalue weighted by molar-refractivity contribution is 0.952. The van der Waals surface area contributed by atoms with Crippen LogP contribution < -0.4 is 5.32 Å². The molecule has 8 heteroatoms. The van der Waals surface area contributed by atoms with E-state index in [4.69, 9.17) is 23.2 Å². The van der Waals surface area contributed by atoms with E-state index in [1.165, 1.54) is 18.1 Å². The van der Waals surface area contributed by atoms with E-state index in [9.17, 15) is 0 Å². The van der Waals surface area contributed by atoms with Crippen molar-refractivity contribution in [2.45, 2.75) is 23.5 Å². The minimum absolute atomic E-state index is 0.489. The number of hydrogen-bond acceptors (Lipinski definition) is 5. The van der Waals surface area contributed by atoms with Gasteiger partial charge in [0.05, 0.1) is 10.0 Å². The minimum atomic E-state index is 0.489. The normalized spacial score (nSPS) is 10.6. The molecule has 0 saturated carbocycles. The van der Waals surface area contributed by atoms with Crippen LogP contribution in [-0.4, -0.2) is 26.7 Å². The SMILES string of the molecule is CCCNc1nc(Sc2ncn[nH]2)c(Cl)cc1Cl. The second-order valence-corrected chi connectivity index (χ2v) is 5.22. The summed E-state index contributed by atoms with van der Waals surface area (Å²) in [6.07, 6.45) is 2.42. The van der Waals surface area contributed by atoms with Gasteiger partial charge in [-0.25, -0.2) is 9.97 Å². The highest BCUT2D eigenvalue weighted by Crippen LogP contribution is 2.34. The third kappa shape index (κ3) is 3.28. The van der Waals surface area contributed by atoms with Crippen LogP contribution in [0, 0.1) is 0 Å². The molecule has 0 aliphatic carbocycles. The Bertz CT molecular complexity index is 517. The molecule has 0 aliphatic heterocycles. The smallest absolute Gasteiger partial charge is 0.189 e. The van der Waals surface area contributed by atoms with E-state index in [-0.39, 0.29) is 0 Å². The lowest BCUT2D eigenvalue weighted by Gasteiger charge is -2.09. The quantitative estimate of drug-likeness (QED) is 0.885. The fraction of sp³-hybridized carbons (Fsp3) is 0.300. The molecule has 0 unspecified atom stereocenters. The zero-order valence-electron chi connectivity index (χ0n) is 9.57. The molecule has 96 valence electrons. The number of rotatable bonds is 5. The molecule has 0 aromatic carbocycles. The lowest BCUT2D eigenvalue weighted by atomic mass is 10.4. The van der Waals surface area contributed by atoms with Gasteiger partial charge < -0.3 is 5.32 Å². The second kappa shape index (κ2) is 6.26. The third-order valence-electron chi connectivity index (χ3n) is 2.03. The Morgan fingerprint density at radius 2 is 2.22 bits per heavy atom. The zero-order chi connectivity index (χ0) is 13.0. The average molecular weight is 304 g/mol. The Morgan fingerprint density at radius 1 is 1.39 bits per heavy atom. The van der Waals surface area contributed by atoms with Crippen LogP contribution in [0.4, 0.5) is 5.82 Å². The summed E-state index contributed by atoms with van der Waals surface area (Å²) in [5.41, 5.74) is 0. The first-order valence-corrected chi connectivity index (χ1v) is 6.91. The number of halogens is 2. The van der Waals surface area contributed by atoms with Crippen molar-refractivity contribution in [2.75, 3.05) is 11.9 Å². The average Bonchev–Trinajstić information content (AvgIpc) is 2.84. The van der Waals surface area contributed by atoms with Gasteiger partial charge in [-0.15, -0.1) is 0 Å². The molecule has 2 aromatic rings. The van der Waals surface area contributed by atoms with Crippen LogP contribution in [0.3, 0.4) is 0 Å². The summed E-state index contributed by atoms with van der Waals surface area (Å²) in [7, 11) is 0. The maximum absolute atomic E-state index is 6.09. The van der Waals surface area contributed by atoms with Crippen LogP contribution in [0.15, 0.2) is 22.6 Å². The molecule has 2 aromatic heterocycles.